The molecule has 0 heterocycles. The summed E-state index contributed by atoms with van der Waals surface area (Å²) < 4.78 is 0. The minimum absolute atomic E-state index is 0.209. The maximum absolute atomic E-state index is 8.68. The summed E-state index contributed by atoms with van der Waals surface area (Å²) >= 11 is 0. The van der Waals surface area contributed by atoms with Gasteiger partial charge in [-0.2, -0.15) is 0 Å². The second kappa shape index (κ2) is 6.24. The average molecular weight is 241 g/mol. The first kappa shape index (κ1) is 14.3. The summed E-state index contributed by atoms with van der Waals surface area (Å²) in [5, 5.41) is 15.4. The molecule has 0 aromatic rings. The van der Waals surface area contributed by atoms with E-state index < -0.39 is 0 Å². The third-order valence-electron chi connectivity index (χ3n) is 3.91. The van der Waals surface area contributed by atoms with E-state index in [0.29, 0.717) is 11.9 Å². The van der Waals surface area contributed by atoms with Gasteiger partial charge in [0.15, 0.2) is 0 Å². The van der Waals surface area contributed by atoms with E-state index in [1.54, 1.807) is 0 Å². The number of amidine groups is 1. The Kier molecular flexibility index (Phi) is 5.25. The largest absolute Gasteiger partial charge is 0.409 e. The Bertz CT molecular complexity index is 263. The van der Waals surface area contributed by atoms with Crippen LogP contribution in [0.15, 0.2) is 5.16 Å². The third-order valence-corrected chi connectivity index (χ3v) is 3.91. The molecule has 0 saturated heterocycles. The highest BCUT2D eigenvalue weighted by Gasteiger charge is 2.24. The fourth-order valence-corrected chi connectivity index (χ4v) is 2.49. The fourth-order valence-electron chi connectivity index (χ4n) is 2.49. The second-order valence-corrected chi connectivity index (χ2v) is 6.04. The smallest absolute Gasteiger partial charge is 0.144 e. The summed E-state index contributed by atoms with van der Waals surface area (Å²) in [5.74, 6) is 1.20. The van der Waals surface area contributed by atoms with Gasteiger partial charge in [0.1, 0.15) is 5.84 Å². The number of rotatable bonds is 6. The van der Waals surface area contributed by atoms with E-state index in [0.717, 1.165) is 25.3 Å². The van der Waals surface area contributed by atoms with Crippen LogP contribution in [-0.4, -0.2) is 23.6 Å². The lowest BCUT2D eigenvalue weighted by atomic mass is 9.86. The molecule has 2 atom stereocenters. The van der Waals surface area contributed by atoms with E-state index >= 15 is 0 Å². The van der Waals surface area contributed by atoms with Crippen LogP contribution in [0.1, 0.15) is 52.9 Å². The molecule has 0 aromatic carbocycles. The Hall–Kier alpha value is -0.770. The maximum atomic E-state index is 8.68. The molecule has 0 bridgehead atoms. The van der Waals surface area contributed by atoms with Crippen molar-refractivity contribution in [3.8, 4) is 0 Å². The van der Waals surface area contributed by atoms with Gasteiger partial charge in [-0.3, -0.25) is 0 Å². The zero-order chi connectivity index (χ0) is 12.9. The number of hydrogen-bond acceptors (Lipinski definition) is 3. The molecule has 0 amide bonds. The molecule has 100 valence electrons. The minimum atomic E-state index is -0.209. The van der Waals surface area contributed by atoms with Crippen LogP contribution in [0.4, 0.5) is 0 Å². The molecule has 1 saturated carbocycles. The molecule has 17 heavy (non-hydrogen) atoms. The lowest BCUT2D eigenvalue weighted by molar-refractivity contribution is 0.304. The van der Waals surface area contributed by atoms with Crippen LogP contribution >= 0.6 is 0 Å². The van der Waals surface area contributed by atoms with Gasteiger partial charge in [-0.05, 0) is 44.6 Å². The van der Waals surface area contributed by atoms with E-state index in [4.69, 9.17) is 10.9 Å². The number of nitrogens with zero attached hydrogens (tertiary/aromatic N) is 1. The van der Waals surface area contributed by atoms with Crippen molar-refractivity contribution in [1.29, 1.82) is 0 Å². The van der Waals surface area contributed by atoms with Crippen LogP contribution < -0.4 is 11.1 Å². The summed E-state index contributed by atoms with van der Waals surface area (Å²) in [6.45, 7) is 7.38. The number of hydrogen-bond donors (Lipinski definition) is 3. The predicted octanol–water partition coefficient (Wildman–Crippen LogP) is 2.32. The first-order chi connectivity index (χ1) is 7.95. The molecule has 4 N–H and O–H groups in total. The van der Waals surface area contributed by atoms with Crippen molar-refractivity contribution in [1.82, 2.24) is 5.32 Å². The molecule has 1 rings (SSSR count). The first-order valence-electron chi connectivity index (χ1n) is 6.67. The van der Waals surface area contributed by atoms with Crippen molar-refractivity contribution >= 4 is 5.84 Å². The molecule has 0 radical (unpaired) electrons. The predicted molar refractivity (Wildman–Crippen MR) is 71.2 cm³/mol. The van der Waals surface area contributed by atoms with E-state index in [1.165, 1.54) is 19.3 Å². The second-order valence-electron chi connectivity index (χ2n) is 6.04. The fraction of sp³-hybridized carbons (Fsp3) is 0.923. The molecule has 4 nitrogen and oxygen atoms in total. The maximum Gasteiger partial charge on any atom is 0.144 e. The number of nitrogens with one attached hydrogen (secondary N) is 1. The normalized spacial score (nSPS) is 26.4. The van der Waals surface area contributed by atoms with E-state index in [2.05, 4.69) is 17.4 Å². The molecule has 1 aliphatic rings. The van der Waals surface area contributed by atoms with Gasteiger partial charge >= 0.3 is 0 Å². The van der Waals surface area contributed by atoms with Crippen molar-refractivity contribution in [3.63, 3.8) is 0 Å². The highest BCUT2D eigenvalue weighted by Crippen LogP contribution is 2.25. The summed E-state index contributed by atoms with van der Waals surface area (Å²) in [5.41, 5.74) is 5.44. The van der Waals surface area contributed by atoms with Gasteiger partial charge in [0.25, 0.3) is 0 Å². The average Bonchev–Trinajstić information content (AvgIpc) is 2.69. The minimum Gasteiger partial charge on any atom is -0.409 e. The van der Waals surface area contributed by atoms with E-state index in [9.17, 15) is 0 Å². The van der Waals surface area contributed by atoms with Gasteiger partial charge in [-0.1, -0.05) is 25.9 Å². The zero-order valence-electron chi connectivity index (χ0n) is 11.4. The summed E-state index contributed by atoms with van der Waals surface area (Å²) in [6.07, 6.45) is 5.98. The summed E-state index contributed by atoms with van der Waals surface area (Å²) in [6, 6.07) is 0.706. The summed E-state index contributed by atoms with van der Waals surface area (Å²) in [4.78, 5) is 0. The highest BCUT2D eigenvalue weighted by molar-refractivity contribution is 5.85. The molecule has 1 fully saturated rings. The van der Waals surface area contributed by atoms with Crippen molar-refractivity contribution in [3.05, 3.63) is 0 Å². The highest BCUT2D eigenvalue weighted by atomic mass is 16.4. The zero-order valence-corrected chi connectivity index (χ0v) is 11.4. The quantitative estimate of drug-likeness (QED) is 0.220. The monoisotopic (exact) mass is 241 g/mol. The topological polar surface area (TPSA) is 70.6 Å². The van der Waals surface area contributed by atoms with Crippen LogP contribution in [0.2, 0.25) is 0 Å². The lowest BCUT2D eigenvalue weighted by Crippen LogP contribution is -2.33. The lowest BCUT2D eigenvalue weighted by Gasteiger charge is -2.23. The van der Waals surface area contributed by atoms with Gasteiger partial charge in [0.2, 0.25) is 0 Å². The van der Waals surface area contributed by atoms with Crippen LogP contribution in [0, 0.1) is 11.3 Å². The molecule has 4 heteroatoms. The molecule has 2 unspecified atom stereocenters. The van der Waals surface area contributed by atoms with Crippen LogP contribution in [0.3, 0.4) is 0 Å². The SMILES string of the molecule is CC1CCC(NCCCC(C)(C)C(N)=NO)C1. The summed E-state index contributed by atoms with van der Waals surface area (Å²) in [7, 11) is 0. The van der Waals surface area contributed by atoms with Gasteiger partial charge in [0.05, 0.1) is 0 Å². The van der Waals surface area contributed by atoms with Crippen LogP contribution in [-0.2, 0) is 0 Å². The van der Waals surface area contributed by atoms with E-state index in [1.807, 2.05) is 13.8 Å². The van der Waals surface area contributed by atoms with Crippen LogP contribution in [0.5, 0.6) is 0 Å². The van der Waals surface area contributed by atoms with Gasteiger partial charge < -0.3 is 16.3 Å². The van der Waals surface area contributed by atoms with Crippen molar-refractivity contribution in [2.75, 3.05) is 6.54 Å². The van der Waals surface area contributed by atoms with Crippen molar-refractivity contribution in [2.24, 2.45) is 22.2 Å². The van der Waals surface area contributed by atoms with Gasteiger partial charge in [0, 0.05) is 11.5 Å². The molecule has 1 aliphatic carbocycles. The Morgan fingerprint density at radius 1 is 1.47 bits per heavy atom. The standard InChI is InChI=1S/C13H27N3O/c1-10-5-6-11(9-10)15-8-4-7-13(2,3)12(14)16-17/h10-11,15,17H,4-9H2,1-3H3,(H2,14,16). The molecule has 0 aromatic heterocycles. The molecular formula is C13H27N3O. The van der Waals surface area contributed by atoms with Crippen LogP contribution in [0.25, 0.3) is 0 Å². The van der Waals surface area contributed by atoms with E-state index in [-0.39, 0.29) is 5.41 Å². The van der Waals surface area contributed by atoms with Gasteiger partial charge in [-0.25, -0.2) is 0 Å². The Balaban J connectivity index is 2.16. The molecule has 0 aliphatic heterocycles. The van der Waals surface area contributed by atoms with Gasteiger partial charge in [-0.15, -0.1) is 0 Å². The molecule has 0 spiro atoms. The molecular weight excluding hydrogens is 214 g/mol. The first-order valence-corrected chi connectivity index (χ1v) is 6.67. The Morgan fingerprint density at radius 3 is 2.71 bits per heavy atom. The van der Waals surface area contributed by atoms with Crippen molar-refractivity contribution < 1.29 is 5.21 Å². The Morgan fingerprint density at radius 2 is 2.18 bits per heavy atom. The number of nitrogens with two attached hydrogens (primary N) is 1. The Labute approximate surface area is 105 Å². The number of oxime groups is 1. The van der Waals surface area contributed by atoms with Crippen molar-refractivity contribution in [2.45, 2.75) is 58.9 Å². The third kappa shape index (κ3) is 4.54.